The molecule has 0 bridgehead atoms. The summed E-state index contributed by atoms with van der Waals surface area (Å²) in [5.41, 5.74) is 2.80. The summed E-state index contributed by atoms with van der Waals surface area (Å²) >= 11 is 0. The maximum atomic E-state index is 12.8. The number of methoxy groups -OCH3 is 3. The molecule has 2 aromatic carbocycles. The molecule has 1 saturated heterocycles. The number of carbonyl (C=O) groups excluding carboxylic acids is 1. The van der Waals surface area contributed by atoms with Crippen molar-refractivity contribution in [2.24, 2.45) is 0 Å². The van der Waals surface area contributed by atoms with Crippen LogP contribution >= 0.6 is 0 Å². The molecule has 0 aliphatic carbocycles. The van der Waals surface area contributed by atoms with Gasteiger partial charge in [0.1, 0.15) is 0 Å². The molecule has 1 unspecified atom stereocenters. The molecule has 1 aliphatic rings. The fourth-order valence-electron chi connectivity index (χ4n) is 3.75. The molecule has 0 N–H and O–H groups in total. The maximum Gasteiger partial charge on any atom is 0.232 e. The molecular weight excluding hydrogens is 398 g/mol. The first kappa shape index (κ1) is 20.7. The van der Waals surface area contributed by atoms with Crippen LogP contribution in [0, 0.1) is 0 Å². The van der Waals surface area contributed by atoms with E-state index in [2.05, 4.69) is 29.2 Å². The quantitative estimate of drug-likeness (QED) is 0.570. The number of aromatic nitrogens is 2. The van der Waals surface area contributed by atoms with Crippen molar-refractivity contribution in [3.63, 3.8) is 0 Å². The van der Waals surface area contributed by atoms with Crippen molar-refractivity contribution >= 4 is 11.6 Å². The first-order chi connectivity index (χ1) is 15.1. The summed E-state index contributed by atoms with van der Waals surface area (Å²) in [5, 5.41) is 4.11. The molecule has 1 amide bonds. The second kappa shape index (κ2) is 8.67. The number of amides is 1. The number of aryl methyl sites for hydroxylation is 1. The van der Waals surface area contributed by atoms with Crippen LogP contribution in [0.5, 0.6) is 17.2 Å². The third-order valence-corrected chi connectivity index (χ3v) is 5.50. The van der Waals surface area contributed by atoms with Crippen molar-refractivity contribution in [1.82, 2.24) is 10.1 Å². The van der Waals surface area contributed by atoms with E-state index in [0.29, 0.717) is 41.2 Å². The predicted molar refractivity (Wildman–Crippen MR) is 115 cm³/mol. The third-order valence-electron chi connectivity index (χ3n) is 5.50. The van der Waals surface area contributed by atoms with Crippen LogP contribution in [0.2, 0.25) is 0 Å². The maximum absolute atomic E-state index is 12.8. The van der Waals surface area contributed by atoms with Gasteiger partial charge in [0, 0.05) is 30.7 Å². The molecule has 0 spiro atoms. The van der Waals surface area contributed by atoms with Gasteiger partial charge in [-0.3, -0.25) is 4.79 Å². The number of ether oxygens (including phenoxy) is 3. The van der Waals surface area contributed by atoms with E-state index < -0.39 is 0 Å². The first-order valence-electron chi connectivity index (χ1n) is 10.1. The largest absolute Gasteiger partial charge is 0.493 e. The van der Waals surface area contributed by atoms with Crippen LogP contribution in [0.3, 0.4) is 0 Å². The lowest BCUT2D eigenvalue weighted by atomic mass is 10.1. The summed E-state index contributed by atoms with van der Waals surface area (Å²) in [6.07, 6.45) is 1.26. The molecule has 162 valence electrons. The fourth-order valence-corrected chi connectivity index (χ4v) is 3.75. The van der Waals surface area contributed by atoms with E-state index in [1.54, 1.807) is 38.4 Å². The zero-order valence-corrected chi connectivity index (χ0v) is 18.0. The Morgan fingerprint density at radius 2 is 1.74 bits per heavy atom. The van der Waals surface area contributed by atoms with E-state index >= 15 is 0 Å². The second-order valence-electron chi connectivity index (χ2n) is 7.30. The van der Waals surface area contributed by atoms with E-state index in [0.717, 1.165) is 12.0 Å². The van der Waals surface area contributed by atoms with Crippen molar-refractivity contribution in [1.29, 1.82) is 0 Å². The van der Waals surface area contributed by atoms with E-state index in [1.807, 2.05) is 12.1 Å². The van der Waals surface area contributed by atoms with Gasteiger partial charge in [-0.05, 0) is 12.0 Å². The van der Waals surface area contributed by atoms with Gasteiger partial charge >= 0.3 is 0 Å². The number of hydrogen-bond donors (Lipinski definition) is 0. The van der Waals surface area contributed by atoms with Crippen molar-refractivity contribution in [3.8, 4) is 28.6 Å². The fraction of sp³-hybridized carbons (Fsp3) is 0.348. The van der Waals surface area contributed by atoms with E-state index in [-0.39, 0.29) is 18.2 Å². The van der Waals surface area contributed by atoms with Crippen molar-refractivity contribution in [2.75, 3.05) is 32.8 Å². The number of nitrogens with zero attached hydrogens (tertiary/aromatic N) is 3. The van der Waals surface area contributed by atoms with Crippen LogP contribution in [-0.4, -0.2) is 43.9 Å². The molecule has 1 aliphatic heterocycles. The Balaban J connectivity index is 1.57. The molecule has 1 aromatic heterocycles. The van der Waals surface area contributed by atoms with Crippen molar-refractivity contribution in [3.05, 3.63) is 47.9 Å². The Morgan fingerprint density at radius 1 is 1.06 bits per heavy atom. The molecule has 8 heteroatoms. The summed E-state index contributed by atoms with van der Waals surface area (Å²) in [6, 6.07) is 11.6. The topological polar surface area (TPSA) is 86.9 Å². The SMILES string of the molecule is CCc1ccc(-c2noc(C3CC(=O)N(c4cc(OC)c(OC)c(OC)c4)C3)n2)cc1. The number of carbonyl (C=O) groups is 1. The Labute approximate surface area is 180 Å². The summed E-state index contributed by atoms with van der Waals surface area (Å²) in [7, 11) is 4.63. The Bertz CT molecular complexity index is 1050. The van der Waals surface area contributed by atoms with E-state index in [4.69, 9.17) is 18.7 Å². The van der Waals surface area contributed by atoms with Crippen LogP contribution in [-0.2, 0) is 11.2 Å². The van der Waals surface area contributed by atoms with Gasteiger partial charge < -0.3 is 23.6 Å². The average Bonchev–Trinajstić information content (AvgIpc) is 3.45. The highest BCUT2D eigenvalue weighted by Gasteiger charge is 2.36. The number of anilines is 1. The van der Waals surface area contributed by atoms with Crippen molar-refractivity contribution in [2.45, 2.75) is 25.7 Å². The molecule has 2 heterocycles. The standard InChI is InChI=1S/C23H25N3O5/c1-5-14-6-8-15(9-7-14)22-24-23(31-25-22)16-10-20(27)26(13-16)17-11-18(28-2)21(30-4)19(12-17)29-3/h6-9,11-12,16H,5,10,13H2,1-4H3. The highest BCUT2D eigenvalue weighted by atomic mass is 16.5. The Kier molecular flexibility index (Phi) is 5.79. The second-order valence-corrected chi connectivity index (χ2v) is 7.30. The molecule has 4 rings (SSSR count). The molecule has 1 atom stereocenters. The monoisotopic (exact) mass is 423 g/mol. The number of rotatable bonds is 7. The Morgan fingerprint density at radius 3 is 2.32 bits per heavy atom. The third kappa shape index (κ3) is 3.93. The minimum absolute atomic E-state index is 0.0358. The number of hydrogen-bond acceptors (Lipinski definition) is 7. The minimum Gasteiger partial charge on any atom is -0.493 e. The summed E-state index contributed by atoms with van der Waals surface area (Å²) in [4.78, 5) is 19.0. The van der Waals surface area contributed by atoms with Crippen LogP contribution < -0.4 is 19.1 Å². The lowest BCUT2D eigenvalue weighted by molar-refractivity contribution is -0.117. The lowest BCUT2D eigenvalue weighted by Gasteiger charge is -2.20. The lowest BCUT2D eigenvalue weighted by Crippen LogP contribution is -2.24. The van der Waals surface area contributed by atoms with Gasteiger partial charge in [0.25, 0.3) is 0 Å². The average molecular weight is 423 g/mol. The molecule has 0 radical (unpaired) electrons. The van der Waals surface area contributed by atoms with Crippen LogP contribution in [0.25, 0.3) is 11.4 Å². The van der Waals surface area contributed by atoms with Gasteiger partial charge in [-0.2, -0.15) is 4.98 Å². The van der Waals surface area contributed by atoms with E-state index in [1.165, 1.54) is 5.56 Å². The molecule has 0 saturated carbocycles. The molecule has 8 nitrogen and oxygen atoms in total. The van der Waals surface area contributed by atoms with Gasteiger partial charge in [0.15, 0.2) is 11.5 Å². The van der Waals surface area contributed by atoms with Gasteiger partial charge in [-0.25, -0.2) is 0 Å². The van der Waals surface area contributed by atoms with Gasteiger partial charge in [-0.15, -0.1) is 0 Å². The Hall–Kier alpha value is -3.55. The zero-order valence-electron chi connectivity index (χ0n) is 18.0. The number of benzene rings is 2. The van der Waals surface area contributed by atoms with Gasteiger partial charge in [0.05, 0.1) is 32.9 Å². The molecular formula is C23H25N3O5. The predicted octanol–water partition coefficient (Wildman–Crippen LogP) is 3.85. The summed E-state index contributed by atoms with van der Waals surface area (Å²) in [5.74, 6) is 2.21. The smallest absolute Gasteiger partial charge is 0.232 e. The molecule has 1 fully saturated rings. The molecule has 3 aromatic rings. The van der Waals surface area contributed by atoms with E-state index in [9.17, 15) is 4.79 Å². The summed E-state index contributed by atoms with van der Waals surface area (Å²) in [6.45, 7) is 2.53. The minimum atomic E-state index is -0.192. The zero-order chi connectivity index (χ0) is 22.0. The summed E-state index contributed by atoms with van der Waals surface area (Å²) < 4.78 is 21.7. The van der Waals surface area contributed by atoms with Crippen LogP contribution in [0.15, 0.2) is 40.9 Å². The first-order valence-corrected chi connectivity index (χ1v) is 10.1. The normalized spacial score (nSPS) is 15.9. The van der Waals surface area contributed by atoms with Crippen LogP contribution in [0.1, 0.15) is 30.7 Å². The van der Waals surface area contributed by atoms with Gasteiger partial charge in [-0.1, -0.05) is 36.3 Å². The van der Waals surface area contributed by atoms with Crippen molar-refractivity contribution < 1.29 is 23.5 Å². The van der Waals surface area contributed by atoms with Crippen LogP contribution in [0.4, 0.5) is 5.69 Å². The highest BCUT2D eigenvalue weighted by molar-refractivity contribution is 5.97. The molecule has 31 heavy (non-hydrogen) atoms. The van der Waals surface area contributed by atoms with Gasteiger partial charge in [0.2, 0.25) is 23.4 Å². The highest BCUT2D eigenvalue weighted by Crippen LogP contribution is 2.43.